The standard InChI is InChI=1S/C23H25ClN4O2S/c1-16(17-6-3-2-4-7-17)25-21(29)15-31-23-27-26-22(18-9-11-19(24)12-10-18)28(23)14-20-8-5-13-30-20/h2-4,6-7,9-12,16,20H,5,8,13-15H2,1H3,(H,25,29)/t16-,20-/m0/s1. The van der Waals surface area contributed by atoms with E-state index in [4.69, 9.17) is 16.3 Å². The highest BCUT2D eigenvalue weighted by Crippen LogP contribution is 2.27. The molecule has 1 aliphatic rings. The van der Waals surface area contributed by atoms with Crippen LogP contribution in [0.1, 0.15) is 31.4 Å². The summed E-state index contributed by atoms with van der Waals surface area (Å²) in [6.45, 7) is 3.43. The molecule has 3 aromatic rings. The average Bonchev–Trinajstić information content (AvgIpc) is 3.44. The smallest absolute Gasteiger partial charge is 0.230 e. The normalized spacial score (nSPS) is 16.9. The molecule has 0 spiro atoms. The van der Waals surface area contributed by atoms with Gasteiger partial charge >= 0.3 is 0 Å². The van der Waals surface area contributed by atoms with Crippen LogP contribution in [0.5, 0.6) is 0 Å². The molecule has 1 N–H and O–H groups in total. The number of halogens is 1. The molecule has 0 radical (unpaired) electrons. The summed E-state index contributed by atoms with van der Waals surface area (Å²) in [6.07, 6.45) is 2.20. The van der Waals surface area contributed by atoms with Gasteiger partial charge in [-0.3, -0.25) is 9.36 Å². The SMILES string of the molecule is C[C@H](NC(=O)CSc1nnc(-c2ccc(Cl)cc2)n1C[C@@H]1CCCO1)c1ccccc1. The number of nitrogens with one attached hydrogen (secondary N) is 1. The molecule has 0 saturated carbocycles. The Morgan fingerprint density at radius 2 is 2.00 bits per heavy atom. The third-order valence-electron chi connectivity index (χ3n) is 5.24. The van der Waals surface area contributed by atoms with Gasteiger partial charge < -0.3 is 10.1 Å². The van der Waals surface area contributed by atoms with Gasteiger partial charge in [-0.15, -0.1) is 10.2 Å². The van der Waals surface area contributed by atoms with Crippen LogP contribution >= 0.6 is 23.4 Å². The maximum atomic E-state index is 12.5. The topological polar surface area (TPSA) is 69.0 Å². The van der Waals surface area contributed by atoms with Crippen LogP contribution in [0.25, 0.3) is 11.4 Å². The van der Waals surface area contributed by atoms with Crippen molar-refractivity contribution in [3.05, 3.63) is 65.2 Å². The fourth-order valence-corrected chi connectivity index (χ4v) is 4.49. The van der Waals surface area contributed by atoms with E-state index in [0.29, 0.717) is 16.7 Å². The number of hydrogen-bond acceptors (Lipinski definition) is 5. The zero-order chi connectivity index (χ0) is 21.6. The van der Waals surface area contributed by atoms with E-state index < -0.39 is 0 Å². The molecule has 8 heteroatoms. The molecule has 162 valence electrons. The van der Waals surface area contributed by atoms with E-state index in [1.54, 1.807) is 0 Å². The van der Waals surface area contributed by atoms with Crippen LogP contribution in [0.2, 0.25) is 5.02 Å². The summed E-state index contributed by atoms with van der Waals surface area (Å²) < 4.78 is 7.89. The van der Waals surface area contributed by atoms with Crippen molar-refractivity contribution in [1.82, 2.24) is 20.1 Å². The van der Waals surface area contributed by atoms with Crippen LogP contribution in [-0.4, -0.2) is 39.1 Å². The average molecular weight is 457 g/mol. The van der Waals surface area contributed by atoms with E-state index in [1.807, 2.05) is 61.5 Å². The number of nitrogens with zero attached hydrogens (tertiary/aromatic N) is 3. The van der Waals surface area contributed by atoms with Crippen molar-refractivity contribution in [2.75, 3.05) is 12.4 Å². The Bertz CT molecular complexity index is 1000. The Morgan fingerprint density at radius 3 is 2.71 bits per heavy atom. The first-order chi connectivity index (χ1) is 15.1. The first kappa shape index (κ1) is 21.9. The Kier molecular flexibility index (Phi) is 7.27. The van der Waals surface area contributed by atoms with Crippen molar-refractivity contribution >= 4 is 29.3 Å². The predicted octanol–water partition coefficient (Wildman–Crippen LogP) is 4.75. The fraction of sp³-hybridized carbons (Fsp3) is 0.348. The molecule has 0 bridgehead atoms. The molecular formula is C23H25ClN4O2S. The van der Waals surface area contributed by atoms with Crippen molar-refractivity contribution in [2.45, 2.75) is 43.6 Å². The second kappa shape index (κ2) is 10.3. The lowest BCUT2D eigenvalue weighted by atomic mass is 10.1. The first-order valence-electron chi connectivity index (χ1n) is 10.4. The van der Waals surface area contributed by atoms with Gasteiger partial charge in [-0.2, -0.15) is 0 Å². The van der Waals surface area contributed by atoms with Crippen molar-refractivity contribution in [3.63, 3.8) is 0 Å². The molecule has 1 fully saturated rings. The third-order valence-corrected chi connectivity index (χ3v) is 6.46. The van der Waals surface area contributed by atoms with Crippen LogP contribution in [0.4, 0.5) is 0 Å². The molecule has 1 amide bonds. The van der Waals surface area contributed by atoms with Crippen molar-refractivity contribution < 1.29 is 9.53 Å². The molecule has 1 aliphatic heterocycles. The van der Waals surface area contributed by atoms with Crippen molar-refractivity contribution in [3.8, 4) is 11.4 Å². The molecule has 0 aliphatic carbocycles. The number of thioether (sulfide) groups is 1. The molecule has 0 unspecified atom stereocenters. The Balaban J connectivity index is 1.46. The van der Waals surface area contributed by atoms with Crippen LogP contribution in [0.15, 0.2) is 59.8 Å². The summed E-state index contributed by atoms with van der Waals surface area (Å²) in [5, 5.41) is 13.2. The van der Waals surface area contributed by atoms with Crippen LogP contribution in [0.3, 0.4) is 0 Å². The zero-order valence-corrected chi connectivity index (χ0v) is 18.9. The number of hydrogen-bond donors (Lipinski definition) is 1. The predicted molar refractivity (Wildman–Crippen MR) is 123 cm³/mol. The summed E-state index contributed by atoms with van der Waals surface area (Å²) in [7, 11) is 0. The van der Waals surface area contributed by atoms with Crippen LogP contribution in [0, 0.1) is 0 Å². The summed E-state index contributed by atoms with van der Waals surface area (Å²) in [5.41, 5.74) is 2.01. The summed E-state index contributed by atoms with van der Waals surface area (Å²) in [5.74, 6) is 0.982. The van der Waals surface area contributed by atoms with Crippen LogP contribution in [-0.2, 0) is 16.1 Å². The summed E-state index contributed by atoms with van der Waals surface area (Å²) >= 11 is 7.43. The van der Waals surface area contributed by atoms with Gasteiger partial charge in [0.2, 0.25) is 5.91 Å². The van der Waals surface area contributed by atoms with Gasteiger partial charge in [0.1, 0.15) is 0 Å². The molecule has 31 heavy (non-hydrogen) atoms. The number of carbonyl (C=O) groups excluding carboxylic acids is 1. The van der Waals surface area contributed by atoms with Gasteiger partial charge in [-0.05, 0) is 49.6 Å². The Hall–Kier alpha value is -2.35. The molecule has 1 aromatic heterocycles. The zero-order valence-electron chi connectivity index (χ0n) is 17.3. The summed E-state index contributed by atoms with van der Waals surface area (Å²) in [6, 6.07) is 17.4. The molecular weight excluding hydrogens is 432 g/mol. The van der Waals surface area contributed by atoms with Gasteiger partial charge in [0.25, 0.3) is 0 Å². The largest absolute Gasteiger partial charge is 0.376 e. The highest BCUT2D eigenvalue weighted by molar-refractivity contribution is 7.99. The lowest BCUT2D eigenvalue weighted by Gasteiger charge is -2.16. The third kappa shape index (κ3) is 5.67. The molecule has 1 saturated heterocycles. The second-order valence-corrected chi connectivity index (χ2v) is 8.93. The quantitative estimate of drug-likeness (QED) is 0.495. The number of benzene rings is 2. The van der Waals surface area contributed by atoms with Gasteiger partial charge in [0.05, 0.1) is 24.4 Å². The molecule has 2 aromatic carbocycles. The minimum absolute atomic E-state index is 0.0407. The number of amides is 1. The van der Waals surface area contributed by atoms with E-state index in [1.165, 1.54) is 11.8 Å². The van der Waals surface area contributed by atoms with E-state index in [-0.39, 0.29) is 23.8 Å². The van der Waals surface area contributed by atoms with E-state index >= 15 is 0 Å². The lowest BCUT2D eigenvalue weighted by Crippen LogP contribution is -2.28. The molecule has 2 atom stereocenters. The highest BCUT2D eigenvalue weighted by atomic mass is 35.5. The Morgan fingerprint density at radius 1 is 1.23 bits per heavy atom. The molecule has 6 nitrogen and oxygen atoms in total. The van der Waals surface area contributed by atoms with Gasteiger partial charge in [-0.25, -0.2) is 0 Å². The number of aromatic nitrogens is 3. The number of carbonyl (C=O) groups is 1. The lowest BCUT2D eigenvalue weighted by molar-refractivity contribution is -0.119. The maximum Gasteiger partial charge on any atom is 0.230 e. The van der Waals surface area contributed by atoms with E-state index in [0.717, 1.165) is 36.4 Å². The van der Waals surface area contributed by atoms with Crippen molar-refractivity contribution in [2.24, 2.45) is 0 Å². The summed E-state index contributed by atoms with van der Waals surface area (Å²) in [4.78, 5) is 12.5. The number of ether oxygens (including phenoxy) is 1. The maximum absolute atomic E-state index is 12.5. The minimum Gasteiger partial charge on any atom is -0.376 e. The fourth-order valence-electron chi connectivity index (χ4n) is 3.60. The Labute approximate surface area is 191 Å². The van der Waals surface area contributed by atoms with Crippen LogP contribution < -0.4 is 5.32 Å². The molecule has 4 rings (SSSR count). The second-order valence-electron chi connectivity index (χ2n) is 7.55. The minimum atomic E-state index is -0.0521. The van der Waals surface area contributed by atoms with E-state index in [9.17, 15) is 4.79 Å². The number of rotatable bonds is 8. The van der Waals surface area contributed by atoms with Gasteiger partial charge in [-0.1, -0.05) is 53.7 Å². The van der Waals surface area contributed by atoms with Gasteiger partial charge in [0.15, 0.2) is 11.0 Å². The van der Waals surface area contributed by atoms with Gasteiger partial charge in [0, 0.05) is 17.2 Å². The molecule has 2 heterocycles. The van der Waals surface area contributed by atoms with Crippen molar-refractivity contribution in [1.29, 1.82) is 0 Å². The highest BCUT2D eigenvalue weighted by Gasteiger charge is 2.22. The monoisotopic (exact) mass is 456 g/mol. The van der Waals surface area contributed by atoms with E-state index in [2.05, 4.69) is 20.1 Å². The first-order valence-corrected chi connectivity index (χ1v) is 11.7.